The average Bonchev–Trinajstić information content (AvgIpc) is 3.19. The second kappa shape index (κ2) is 6.72. The van der Waals surface area contributed by atoms with Crippen molar-refractivity contribution in [2.45, 2.75) is 82.5 Å². The Kier molecular flexibility index (Phi) is 4.58. The van der Waals surface area contributed by atoms with Gasteiger partial charge in [0.2, 0.25) is 5.91 Å². The lowest BCUT2D eigenvalue weighted by Crippen LogP contribution is -2.62. The molecule has 2 saturated heterocycles. The molecule has 25 heavy (non-hydrogen) atoms. The first-order chi connectivity index (χ1) is 12.1. The number of amides is 1. The Labute approximate surface area is 149 Å². The predicted molar refractivity (Wildman–Crippen MR) is 94.9 cm³/mol. The van der Waals surface area contributed by atoms with Crippen LogP contribution < -0.4 is 0 Å². The fraction of sp³-hybridized carbons (Fsp3) is 0.789. The Morgan fingerprint density at radius 3 is 2.64 bits per heavy atom. The molecule has 1 amide bonds. The second-order valence-corrected chi connectivity index (χ2v) is 8.16. The summed E-state index contributed by atoms with van der Waals surface area (Å²) in [6, 6.07) is 2.41. The van der Waals surface area contributed by atoms with Crippen molar-refractivity contribution in [3.63, 3.8) is 0 Å². The molecule has 1 saturated carbocycles. The van der Waals surface area contributed by atoms with E-state index in [9.17, 15) is 9.90 Å². The first kappa shape index (κ1) is 17.0. The zero-order chi connectivity index (χ0) is 17.4. The molecule has 2 aliphatic heterocycles. The minimum absolute atomic E-state index is 0.170. The molecule has 1 spiro atoms. The summed E-state index contributed by atoms with van der Waals surface area (Å²) < 4.78 is 0. The highest BCUT2D eigenvalue weighted by Crippen LogP contribution is 2.40. The number of carbonyl (C=O) groups excluding carboxylic acids is 1. The highest BCUT2D eigenvalue weighted by atomic mass is 16.3. The minimum atomic E-state index is -0.318. The van der Waals surface area contributed by atoms with Crippen LogP contribution in [0.15, 0.2) is 6.07 Å². The van der Waals surface area contributed by atoms with E-state index in [0.29, 0.717) is 11.9 Å². The van der Waals surface area contributed by atoms with Crippen molar-refractivity contribution in [3.8, 4) is 0 Å². The van der Waals surface area contributed by atoms with Crippen molar-refractivity contribution in [2.24, 2.45) is 0 Å². The van der Waals surface area contributed by atoms with Crippen LogP contribution in [0.4, 0.5) is 0 Å². The van der Waals surface area contributed by atoms with E-state index in [2.05, 4.69) is 26.1 Å². The maximum absolute atomic E-state index is 13.5. The van der Waals surface area contributed by atoms with Crippen molar-refractivity contribution in [3.05, 3.63) is 17.5 Å². The normalized spacial score (nSPS) is 34.2. The maximum atomic E-state index is 13.5. The van der Waals surface area contributed by atoms with E-state index in [1.165, 1.54) is 0 Å². The lowest BCUT2D eigenvalue weighted by molar-refractivity contribution is -0.152. The van der Waals surface area contributed by atoms with Crippen LogP contribution in [0, 0.1) is 6.92 Å². The summed E-state index contributed by atoms with van der Waals surface area (Å²) in [5.41, 5.74) is 1.78. The van der Waals surface area contributed by atoms with E-state index in [4.69, 9.17) is 0 Å². The molecule has 0 radical (unpaired) electrons. The number of hydrogen-bond acceptors (Lipinski definition) is 4. The number of hydrogen-bond donors (Lipinski definition) is 2. The number of aryl methyl sites for hydroxylation is 1. The molecule has 3 aliphatic rings. The largest absolute Gasteiger partial charge is 0.393 e. The molecule has 1 aliphatic carbocycles. The molecule has 1 atom stereocenters. The Morgan fingerprint density at radius 1 is 1.24 bits per heavy atom. The molecule has 3 fully saturated rings. The molecule has 1 unspecified atom stereocenters. The average molecular weight is 346 g/mol. The van der Waals surface area contributed by atoms with E-state index >= 15 is 0 Å². The number of aromatic nitrogens is 2. The van der Waals surface area contributed by atoms with Crippen molar-refractivity contribution in [2.75, 3.05) is 13.1 Å². The Bertz CT molecular complexity index is 623. The number of H-pyrrole nitrogens is 1. The smallest absolute Gasteiger partial charge is 0.243 e. The minimum Gasteiger partial charge on any atom is -0.393 e. The van der Waals surface area contributed by atoms with Gasteiger partial charge in [-0.05, 0) is 70.9 Å². The first-order valence-corrected chi connectivity index (χ1v) is 9.83. The number of nitrogens with zero attached hydrogens (tertiary/aromatic N) is 3. The summed E-state index contributed by atoms with van der Waals surface area (Å²) in [5.74, 6) is 0.338. The lowest BCUT2D eigenvalue weighted by Gasteiger charge is -2.48. The van der Waals surface area contributed by atoms with Gasteiger partial charge in [-0.3, -0.25) is 14.8 Å². The Balaban J connectivity index is 1.51. The van der Waals surface area contributed by atoms with Gasteiger partial charge in [-0.1, -0.05) is 0 Å². The number of carbonyl (C=O) groups is 1. The van der Waals surface area contributed by atoms with Crippen LogP contribution in [-0.4, -0.2) is 61.8 Å². The summed E-state index contributed by atoms with van der Waals surface area (Å²) in [7, 11) is 0. The van der Waals surface area contributed by atoms with Gasteiger partial charge in [0, 0.05) is 24.8 Å². The number of aromatic amines is 1. The van der Waals surface area contributed by atoms with Gasteiger partial charge < -0.3 is 10.0 Å². The number of piperidine rings is 1. The van der Waals surface area contributed by atoms with Crippen LogP contribution in [0.1, 0.15) is 62.8 Å². The van der Waals surface area contributed by atoms with E-state index in [1.807, 2.05) is 6.92 Å². The molecule has 6 heteroatoms. The molecular weight excluding hydrogens is 316 g/mol. The topological polar surface area (TPSA) is 72.5 Å². The van der Waals surface area contributed by atoms with Crippen molar-refractivity contribution in [1.29, 1.82) is 0 Å². The van der Waals surface area contributed by atoms with E-state index in [-0.39, 0.29) is 11.6 Å². The van der Waals surface area contributed by atoms with Gasteiger partial charge >= 0.3 is 0 Å². The molecule has 3 heterocycles. The van der Waals surface area contributed by atoms with Crippen LogP contribution in [0.25, 0.3) is 0 Å². The zero-order valence-electron chi connectivity index (χ0n) is 15.2. The number of rotatable bonds is 3. The Morgan fingerprint density at radius 2 is 1.96 bits per heavy atom. The molecule has 2 N–H and O–H groups in total. The summed E-state index contributed by atoms with van der Waals surface area (Å²) in [5, 5.41) is 17.2. The summed E-state index contributed by atoms with van der Waals surface area (Å²) in [6.07, 6.45) is 7.50. The van der Waals surface area contributed by atoms with Gasteiger partial charge in [0.15, 0.2) is 0 Å². The number of likely N-dealkylation sites (tertiary alicyclic amines) is 2. The third-order valence-electron chi connectivity index (χ3n) is 6.49. The first-order valence-electron chi connectivity index (χ1n) is 9.83. The standard InChI is InChI=1S/C19H30N4O2/c1-14-12-15(21-20-14)13-22-10-2-8-19(22)9-3-11-23(18(19)25)16-4-6-17(24)7-5-16/h12,16-17,24H,2-11,13H2,1H3,(H,20,21). The van der Waals surface area contributed by atoms with Gasteiger partial charge in [-0.15, -0.1) is 0 Å². The molecule has 6 nitrogen and oxygen atoms in total. The number of aliphatic hydroxyl groups is 1. The predicted octanol–water partition coefficient (Wildman–Crippen LogP) is 1.98. The molecule has 138 valence electrons. The monoisotopic (exact) mass is 346 g/mol. The molecule has 1 aromatic heterocycles. The Hall–Kier alpha value is -1.40. The van der Waals surface area contributed by atoms with Crippen LogP contribution in [0.3, 0.4) is 0 Å². The van der Waals surface area contributed by atoms with Crippen molar-refractivity contribution >= 4 is 5.91 Å². The number of aliphatic hydroxyl groups excluding tert-OH is 1. The summed E-state index contributed by atoms with van der Waals surface area (Å²) in [6.45, 7) is 4.64. The van der Waals surface area contributed by atoms with Gasteiger partial charge in [0.05, 0.1) is 11.8 Å². The zero-order valence-corrected chi connectivity index (χ0v) is 15.2. The van der Waals surface area contributed by atoms with Crippen LogP contribution in [-0.2, 0) is 11.3 Å². The SMILES string of the molecule is Cc1cc(CN2CCCC23CCCN(C2CCC(O)CC2)C3=O)n[nH]1. The van der Waals surface area contributed by atoms with E-state index in [1.54, 1.807) is 0 Å². The van der Waals surface area contributed by atoms with Gasteiger partial charge in [-0.25, -0.2) is 0 Å². The fourth-order valence-corrected chi connectivity index (χ4v) is 5.18. The molecule has 0 aromatic carbocycles. The van der Waals surface area contributed by atoms with Crippen LogP contribution in [0.5, 0.6) is 0 Å². The van der Waals surface area contributed by atoms with Crippen LogP contribution >= 0.6 is 0 Å². The highest BCUT2D eigenvalue weighted by Gasteiger charge is 2.52. The fourth-order valence-electron chi connectivity index (χ4n) is 5.18. The highest BCUT2D eigenvalue weighted by molar-refractivity contribution is 5.87. The lowest BCUT2D eigenvalue weighted by atomic mass is 9.82. The second-order valence-electron chi connectivity index (χ2n) is 8.16. The van der Waals surface area contributed by atoms with Crippen molar-refractivity contribution < 1.29 is 9.90 Å². The van der Waals surface area contributed by atoms with Gasteiger partial charge in [-0.2, -0.15) is 5.10 Å². The molecular formula is C19H30N4O2. The number of nitrogens with one attached hydrogen (secondary N) is 1. The summed E-state index contributed by atoms with van der Waals surface area (Å²) >= 11 is 0. The van der Waals surface area contributed by atoms with Crippen molar-refractivity contribution in [1.82, 2.24) is 20.0 Å². The third kappa shape index (κ3) is 3.10. The van der Waals surface area contributed by atoms with E-state index in [0.717, 1.165) is 82.4 Å². The quantitative estimate of drug-likeness (QED) is 0.878. The third-order valence-corrected chi connectivity index (χ3v) is 6.49. The maximum Gasteiger partial charge on any atom is 0.243 e. The van der Waals surface area contributed by atoms with Gasteiger partial charge in [0.25, 0.3) is 0 Å². The summed E-state index contributed by atoms with van der Waals surface area (Å²) in [4.78, 5) is 18.1. The van der Waals surface area contributed by atoms with Gasteiger partial charge in [0.1, 0.15) is 5.54 Å². The van der Waals surface area contributed by atoms with Crippen LogP contribution in [0.2, 0.25) is 0 Å². The molecule has 1 aromatic rings. The molecule has 0 bridgehead atoms. The molecule has 4 rings (SSSR count). The van der Waals surface area contributed by atoms with E-state index < -0.39 is 0 Å².